The van der Waals surface area contributed by atoms with Gasteiger partial charge in [0.15, 0.2) is 6.29 Å². The normalized spacial score (nSPS) is 13.7. The number of hydrogen-bond acceptors (Lipinski definition) is 4. The molecule has 1 aromatic carbocycles. The van der Waals surface area contributed by atoms with E-state index in [2.05, 4.69) is 23.1 Å². The first-order valence-electron chi connectivity index (χ1n) is 7.32. The number of anilines is 1. The third-order valence-electron chi connectivity index (χ3n) is 3.92. The number of carboxylic acid groups (broad SMARTS) is 1. The summed E-state index contributed by atoms with van der Waals surface area (Å²) in [5.41, 5.74) is 3.52. The van der Waals surface area contributed by atoms with Crippen molar-refractivity contribution in [3.8, 4) is 10.4 Å². The zero-order valence-electron chi connectivity index (χ0n) is 12.1. The molecule has 114 valence electrons. The molecule has 0 amide bonds. The molecule has 0 radical (unpaired) electrons. The van der Waals surface area contributed by atoms with E-state index in [0.29, 0.717) is 6.54 Å². The summed E-state index contributed by atoms with van der Waals surface area (Å²) in [5, 5.41) is 8.86. The highest BCUT2D eigenvalue weighted by Crippen LogP contribution is 2.34. The Kier molecular flexibility index (Phi) is 4.24. The molecule has 0 atom stereocenters. The summed E-state index contributed by atoms with van der Waals surface area (Å²) in [5.74, 6) is -0.760. The molecule has 0 saturated carbocycles. The predicted octanol–water partition coefficient (Wildman–Crippen LogP) is 3.45. The summed E-state index contributed by atoms with van der Waals surface area (Å²) in [6.07, 6.45) is 3.09. The summed E-state index contributed by atoms with van der Waals surface area (Å²) in [7, 11) is 0. The molecule has 22 heavy (non-hydrogen) atoms. The molecule has 0 aliphatic carbocycles. The Bertz CT molecular complexity index is 708. The molecule has 1 aromatic heterocycles. The molecule has 0 spiro atoms. The fourth-order valence-corrected chi connectivity index (χ4v) is 3.68. The van der Waals surface area contributed by atoms with Gasteiger partial charge in [-0.1, -0.05) is 6.07 Å². The maximum atomic E-state index is 10.8. The monoisotopic (exact) mass is 315 g/mol. The first-order valence-corrected chi connectivity index (χ1v) is 8.14. The number of aliphatic carboxylic acids is 1. The topological polar surface area (TPSA) is 57.6 Å². The third kappa shape index (κ3) is 3.04. The van der Waals surface area contributed by atoms with E-state index in [-0.39, 0.29) is 6.42 Å². The van der Waals surface area contributed by atoms with Crippen molar-refractivity contribution in [2.45, 2.75) is 19.3 Å². The lowest BCUT2D eigenvalue weighted by atomic mass is 9.98. The lowest BCUT2D eigenvalue weighted by molar-refractivity contribution is -0.136. The van der Waals surface area contributed by atoms with Gasteiger partial charge in [0.1, 0.15) is 0 Å². The number of fused-ring (bicyclic) bond motifs is 1. The summed E-state index contributed by atoms with van der Waals surface area (Å²) < 4.78 is 0. The molecule has 0 saturated heterocycles. The smallest absolute Gasteiger partial charge is 0.305 e. The number of benzene rings is 1. The van der Waals surface area contributed by atoms with Crippen molar-refractivity contribution in [2.24, 2.45) is 0 Å². The van der Waals surface area contributed by atoms with Crippen LogP contribution in [0.4, 0.5) is 5.69 Å². The number of hydrogen-bond donors (Lipinski definition) is 1. The highest BCUT2D eigenvalue weighted by molar-refractivity contribution is 7.17. The second kappa shape index (κ2) is 6.32. The number of rotatable bonds is 5. The van der Waals surface area contributed by atoms with Crippen LogP contribution in [0.3, 0.4) is 0 Å². The lowest BCUT2D eigenvalue weighted by Crippen LogP contribution is -2.31. The minimum absolute atomic E-state index is 0.162. The van der Waals surface area contributed by atoms with Crippen molar-refractivity contribution in [1.82, 2.24) is 0 Å². The van der Waals surface area contributed by atoms with E-state index < -0.39 is 5.97 Å². The molecule has 2 heterocycles. The molecule has 2 aromatic rings. The Hall–Kier alpha value is -2.14. The summed E-state index contributed by atoms with van der Waals surface area (Å²) >= 11 is 1.49. The second-order valence-corrected chi connectivity index (χ2v) is 6.51. The molecule has 0 bridgehead atoms. The molecule has 0 unspecified atom stereocenters. The maximum Gasteiger partial charge on any atom is 0.305 e. The van der Waals surface area contributed by atoms with E-state index in [9.17, 15) is 9.59 Å². The highest BCUT2D eigenvalue weighted by atomic mass is 32.1. The summed E-state index contributed by atoms with van der Waals surface area (Å²) in [6.45, 7) is 1.46. The first-order chi connectivity index (χ1) is 10.7. The van der Waals surface area contributed by atoms with Gasteiger partial charge in [0.2, 0.25) is 0 Å². The molecule has 3 rings (SSSR count). The number of carbonyl (C=O) groups excluding carboxylic acids is 1. The van der Waals surface area contributed by atoms with Crippen LogP contribution in [0.25, 0.3) is 10.4 Å². The number of thiophene rings is 1. The Balaban J connectivity index is 1.86. The largest absolute Gasteiger partial charge is 0.481 e. The van der Waals surface area contributed by atoms with Crippen molar-refractivity contribution in [3.63, 3.8) is 0 Å². The van der Waals surface area contributed by atoms with Gasteiger partial charge in [-0.25, -0.2) is 0 Å². The standard InChI is InChI=1S/C17H17NO3S/c19-11-14-4-6-16(22-14)13-3-5-15-12(10-13)2-1-8-18(15)9-7-17(20)21/h3-6,10-11H,1-2,7-9H2,(H,20,21). The predicted molar refractivity (Wildman–Crippen MR) is 87.9 cm³/mol. The zero-order valence-corrected chi connectivity index (χ0v) is 12.9. The van der Waals surface area contributed by atoms with Crippen LogP contribution >= 0.6 is 11.3 Å². The van der Waals surface area contributed by atoms with Gasteiger partial charge in [-0.05, 0) is 48.2 Å². The van der Waals surface area contributed by atoms with Crippen molar-refractivity contribution in [1.29, 1.82) is 0 Å². The summed E-state index contributed by atoms with van der Waals surface area (Å²) in [6, 6.07) is 10.1. The Morgan fingerprint density at radius 1 is 1.32 bits per heavy atom. The quantitative estimate of drug-likeness (QED) is 0.859. The Labute approximate surface area is 133 Å². The molecule has 1 N–H and O–H groups in total. The van der Waals surface area contributed by atoms with Gasteiger partial charge in [-0.3, -0.25) is 9.59 Å². The highest BCUT2D eigenvalue weighted by Gasteiger charge is 2.18. The molecule has 1 aliphatic rings. The minimum Gasteiger partial charge on any atom is -0.481 e. The Morgan fingerprint density at radius 3 is 2.91 bits per heavy atom. The van der Waals surface area contributed by atoms with Crippen molar-refractivity contribution in [2.75, 3.05) is 18.0 Å². The van der Waals surface area contributed by atoms with E-state index in [0.717, 1.165) is 46.7 Å². The van der Waals surface area contributed by atoms with Crippen molar-refractivity contribution >= 4 is 29.3 Å². The SMILES string of the molecule is O=Cc1ccc(-c2ccc3c(c2)CCCN3CCC(=O)O)s1. The average molecular weight is 315 g/mol. The van der Waals surface area contributed by atoms with Gasteiger partial charge >= 0.3 is 5.97 Å². The van der Waals surface area contributed by atoms with E-state index in [4.69, 9.17) is 5.11 Å². The zero-order chi connectivity index (χ0) is 15.5. The van der Waals surface area contributed by atoms with Crippen molar-refractivity contribution in [3.05, 3.63) is 40.8 Å². The lowest BCUT2D eigenvalue weighted by Gasteiger charge is -2.31. The van der Waals surface area contributed by atoms with Crippen LogP contribution in [0.2, 0.25) is 0 Å². The molecular formula is C17H17NO3S. The molecule has 4 nitrogen and oxygen atoms in total. The van der Waals surface area contributed by atoms with Crippen LogP contribution in [0.5, 0.6) is 0 Å². The molecule has 5 heteroatoms. The van der Waals surface area contributed by atoms with Crippen LogP contribution in [0, 0.1) is 0 Å². The third-order valence-corrected chi connectivity index (χ3v) is 4.98. The van der Waals surface area contributed by atoms with E-state index in [1.54, 1.807) is 0 Å². The van der Waals surface area contributed by atoms with Gasteiger partial charge in [-0.2, -0.15) is 0 Å². The molecule has 1 aliphatic heterocycles. The number of aryl methyl sites for hydroxylation is 1. The molecule has 0 fully saturated rings. The average Bonchev–Trinajstić information content (AvgIpc) is 3.01. The minimum atomic E-state index is -0.760. The second-order valence-electron chi connectivity index (χ2n) is 5.40. The number of carboxylic acids is 1. The van der Waals surface area contributed by atoms with Crippen LogP contribution in [-0.2, 0) is 11.2 Å². The molecular weight excluding hydrogens is 298 g/mol. The number of aldehydes is 1. The van der Waals surface area contributed by atoms with Crippen LogP contribution in [0.15, 0.2) is 30.3 Å². The Morgan fingerprint density at radius 2 is 2.18 bits per heavy atom. The number of nitrogens with zero attached hydrogens (tertiary/aromatic N) is 1. The first kappa shape index (κ1) is 14.8. The fourth-order valence-electron chi connectivity index (χ4n) is 2.86. The van der Waals surface area contributed by atoms with Crippen LogP contribution < -0.4 is 4.90 Å². The maximum absolute atomic E-state index is 10.8. The number of carbonyl (C=O) groups is 2. The van der Waals surface area contributed by atoms with E-state index in [1.807, 2.05) is 12.1 Å². The van der Waals surface area contributed by atoms with Gasteiger partial charge in [-0.15, -0.1) is 11.3 Å². The van der Waals surface area contributed by atoms with E-state index >= 15 is 0 Å². The van der Waals surface area contributed by atoms with Crippen LogP contribution in [0.1, 0.15) is 28.1 Å². The summed E-state index contributed by atoms with van der Waals surface area (Å²) in [4.78, 5) is 25.6. The van der Waals surface area contributed by atoms with Gasteiger partial charge in [0.25, 0.3) is 0 Å². The van der Waals surface area contributed by atoms with Crippen LogP contribution in [-0.4, -0.2) is 30.5 Å². The van der Waals surface area contributed by atoms with Gasteiger partial charge in [0.05, 0.1) is 11.3 Å². The van der Waals surface area contributed by atoms with E-state index in [1.165, 1.54) is 16.9 Å². The fraction of sp³-hybridized carbons (Fsp3) is 0.294. The van der Waals surface area contributed by atoms with Crippen molar-refractivity contribution < 1.29 is 14.7 Å². The van der Waals surface area contributed by atoms with Gasteiger partial charge in [0, 0.05) is 23.7 Å². The van der Waals surface area contributed by atoms with Gasteiger partial charge < -0.3 is 10.0 Å².